The normalized spacial score (nSPS) is 20.2. The van der Waals surface area contributed by atoms with Gasteiger partial charge in [-0.25, -0.2) is 4.98 Å². The molecule has 0 radical (unpaired) electrons. The van der Waals surface area contributed by atoms with E-state index in [1.165, 1.54) is 31.3 Å². The van der Waals surface area contributed by atoms with Gasteiger partial charge in [0.1, 0.15) is 17.3 Å². The summed E-state index contributed by atoms with van der Waals surface area (Å²) in [6.07, 6.45) is 2.46. The van der Waals surface area contributed by atoms with Crippen LogP contribution in [0.3, 0.4) is 0 Å². The van der Waals surface area contributed by atoms with Gasteiger partial charge in [0, 0.05) is 26.9 Å². The van der Waals surface area contributed by atoms with Crippen molar-refractivity contribution >= 4 is 23.4 Å². The molecule has 1 fully saturated rings. The number of hydrogen-bond donors (Lipinski definition) is 1. The second-order valence-electron chi connectivity index (χ2n) is 5.27. The van der Waals surface area contributed by atoms with Crippen molar-refractivity contribution < 1.29 is 14.3 Å². The summed E-state index contributed by atoms with van der Waals surface area (Å²) in [5, 5.41) is 11.5. The summed E-state index contributed by atoms with van der Waals surface area (Å²) >= 11 is 6.07. The Morgan fingerprint density at radius 2 is 2.35 bits per heavy atom. The number of likely N-dealkylation sites (N-methyl/N-ethyl adjacent to an activating group) is 1. The van der Waals surface area contributed by atoms with Crippen LogP contribution in [-0.2, 0) is 9.53 Å². The molecule has 2 rings (SSSR count). The van der Waals surface area contributed by atoms with E-state index in [-0.39, 0.29) is 28.8 Å². The van der Waals surface area contributed by atoms with Gasteiger partial charge in [0.05, 0.1) is 17.2 Å². The van der Waals surface area contributed by atoms with Gasteiger partial charge in [0.2, 0.25) is 5.91 Å². The fourth-order valence-corrected chi connectivity index (χ4v) is 3.13. The van der Waals surface area contributed by atoms with Gasteiger partial charge >= 0.3 is 0 Å². The second-order valence-corrected chi connectivity index (χ2v) is 5.68. The average molecular weight is 337 g/mol. The second kappa shape index (κ2) is 6.94. The van der Waals surface area contributed by atoms with Gasteiger partial charge in [0.15, 0.2) is 0 Å². The summed E-state index contributed by atoms with van der Waals surface area (Å²) in [5.74, 6) is -0.729. The Bertz CT molecular complexity index is 673. The van der Waals surface area contributed by atoms with E-state index in [1.807, 2.05) is 6.07 Å². The Balaban J connectivity index is 2.40. The molecule has 23 heavy (non-hydrogen) atoms. The topological polar surface area (TPSA) is 95.3 Å². The number of hydrogen-bond acceptors (Lipinski definition) is 5. The number of methoxy groups -OCH3 is 1. The van der Waals surface area contributed by atoms with Crippen LogP contribution in [0.2, 0.25) is 5.02 Å². The standard InChI is InChI=1S/C15H17ClN4O3/c1-18-14(22)15(9-23-2)4-3-5-20(15)13(21)12-11(16)6-10(7-17)8-19-12/h6,8H,3-5,9H2,1-2H3,(H,18,22). The van der Waals surface area contributed by atoms with E-state index in [2.05, 4.69) is 10.3 Å². The molecule has 1 unspecified atom stereocenters. The fourth-order valence-electron chi connectivity index (χ4n) is 2.88. The van der Waals surface area contributed by atoms with Crippen LogP contribution in [0.25, 0.3) is 0 Å². The number of likely N-dealkylation sites (tertiary alicyclic amines) is 1. The zero-order valence-electron chi connectivity index (χ0n) is 12.9. The summed E-state index contributed by atoms with van der Waals surface area (Å²) in [6.45, 7) is 0.500. The van der Waals surface area contributed by atoms with E-state index in [4.69, 9.17) is 21.6 Å². The van der Waals surface area contributed by atoms with Gasteiger partial charge in [-0.3, -0.25) is 9.59 Å². The molecule has 2 heterocycles. The van der Waals surface area contributed by atoms with E-state index >= 15 is 0 Å². The average Bonchev–Trinajstić information content (AvgIpc) is 2.98. The summed E-state index contributed by atoms with van der Waals surface area (Å²) in [7, 11) is 3.01. The van der Waals surface area contributed by atoms with Crippen molar-refractivity contribution in [3.8, 4) is 6.07 Å². The monoisotopic (exact) mass is 336 g/mol. The number of aromatic nitrogens is 1. The third-order valence-corrected chi connectivity index (χ3v) is 4.23. The molecule has 0 saturated carbocycles. The Kier molecular flexibility index (Phi) is 5.19. The van der Waals surface area contributed by atoms with Crippen molar-refractivity contribution in [3.05, 3.63) is 28.5 Å². The molecule has 1 aliphatic heterocycles. The van der Waals surface area contributed by atoms with Crippen LogP contribution in [0, 0.1) is 11.3 Å². The zero-order chi connectivity index (χ0) is 17.0. The van der Waals surface area contributed by atoms with Crippen molar-refractivity contribution in [2.24, 2.45) is 0 Å². The Morgan fingerprint density at radius 1 is 1.61 bits per heavy atom. The first-order chi connectivity index (χ1) is 11.0. The first-order valence-corrected chi connectivity index (χ1v) is 7.46. The van der Waals surface area contributed by atoms with Gasteiger partial charge in [-0.2, -0.15) is 5.26 Å². The molecule has 1 N–H and O–H groups in total. The smallest absolute Gasteiger partial charge is 0.274 e. The Labute approximate surface area is 139 Å². The number of rotatable bonds is 4. The van der Waals surface area contributed by atoms with Crippen molar-refractivity contribution in [3.63, 3.8) is 0 Å². The number of carbonyl (C=O) groups is 2. The van der Waals surface area contributed by atoms with Crippen LogP contribution in [0.5, 0.6) is 0 Å². The van der Waals surface area contributed by atoms with Gasteiger partial charge < -0.3 is 15.0 Å². The van der Waals surface area contributed by atoms with E-state index in [9.17, 15) is 9.59 Å². The van der Waals surface area contributed by atoms with Gasteiger partial charge in [0.25, 0.3) is 5.91 Å². The Morgan fingerprint density at radius 3 is 2.91 bits per heavy atom. The highest BCUT2D eigenvalue weighted by Gasteiger charge is 2.50. The van der Waals surface area contributed by atoms with Crippen molar-refractivity contribution in [2.45, 2.75) is 18.4 Å². The van der Waals surface area contributed by atoms with E-state index in [0.717, 1.165) is 0 Å². The molecule has 2 amide bonds. The number of carbonyl (C=O) groups excluding carboxylic acids is 2. The largest absolute Gasteiger partial charge is 0.382 e. The predicted octanol–water partition coefficient (Wildman–Crippen LogP) is 0.974. The lowest BCUT2D eigenvalue weighted by atomic mass is 9.95. The molecule has 0 aromatic carbocycles. The fraction of sp³-hybridized carbons (Fsp3) is 0.467. The minimum atomic E-state index is -1.07. The first kappa shape index (κ1) is 17.2. The quantitative estimate of drug-likeness (QED) is 0.884. The Hall–Kier alpha value is -2.17. The number of ether oxygens (including phenoxy) is 1. The summed E-state index contributed by atoms with van der Waals surface area (Å²) in [4.78, 5) is 30.7. The molecular formula is C15H17ClN4O3. The van der Waals surface area contributed by atoms with Crippen molar-refractivity contribution in [2.75, 3.05) is 27.3 Å². The lowest BCUT2D eigenvalue weighted by molar-refractivity contribution is -0.133. The number of nitriles is 1. The lowest BCUT2D eigenvalue weighted by Crippen LogP contribution is -2.59. The highest BCUT2D eigenvalue weighted by atomic mass is 35.5. The van der Waals surface area contributed by atoms with Gasteiger partial charge in [-0.1, -0.05) is 11.6 Å². The number of nitrogens with zero attached hydrogens (tertiary/aromatic N) is 3. The third-order valence-electron chi connectivity index (χ3n) is 3.94. The molecule has 1 aromatic rings. The number of amides is 2. The predicted molar refractivity (Wildman–Crippen MR) is 82.9 cm³/mol. The van der Waals surface area contributed by atoms with Crippen molar-refractivity contribution in [1.82, 2.24) is 15.2 Å². The van der Waals surface area contributed by atoms with E-state index in [1.54, 1.807) is 0 Å². The van der Waals surface area contributed by atoms with Gasteiger partial charge in [-0.15, -0.1) is 0 Å². The molecule has 0 aliphatic carbocycles. The number of nitrogens with one attached hydrogen (secondary N) is 1. The van der Waals surface area contributed by atoms with Gasteiger partial charge in [-0.05, 0) is 18.9 Å². The van der Waals surface area contributed by atoms with Crippen LogP contribution in [0.1, 0.15) is 28.9 Å². The molecule has 7 nitrogen and oxygen atoms in total. The molecule has 1 aliphatic rings. The van der Waals surface area contributed by atoms with Crippen molar-refractivity contribution in [1.29, 1.82) is 5.26 Å². The minimum absolute atomic E-state index is 0.0250. The minimum Gasteiger partial charge on any atom is -0.382 e. The maximum absolute atomic E-state index is 12.8. The molecule has 122 valence electrons. The molecular weight excluding hydrogens is 320 g/mol. The van der Waals surface area contributed by atoms with E-state index in [0.29, 0.717) is 19.4 Å². The molecule has 0 bridgehead atoms. The highest BCUT2D eigenvalue weighted by molar-refractivity contribution is 6.33. The lowest BCUT2D eigenvalue weighted by Gasteiger charge is -2.36. The maximum atomic E-state index is 12.8. The molecule has 8 heteroatoms. The zero-order valence-corrected chi connectivity index (χ0v) is 13.7. The third kappa shape index (κ3) is 3.00. The maximum Gasteiger partial charge on any atom is 0.274 e. The highest BCUT2D eigenvalue weighted by Crippen LogP contribution is 2.32. The molecule has 0 spiro atoms. The SMILES string of the molecule is CNC(=O)C1(COC)CCCN1C(=O)c1ncc(C#N)cc1Cl. The molecule has 1 atom stereocenters. The first-order valence-electron chi connectivity index (χ1n) is 7.09. The van der Waals surface area contributed by atoms with Crippen LogP contribution in [0.4, 0.5) is 0 Å². The van der Waals surface area contributed by atoms with Crippen LogP contribution >= 0.6 is 11.6 Å². The summed E-state index contributed by atoms with van der Waals surface area (Å²) in [5.41, 5.74) is -0.779. The number of halogens is 1. The van der Waals surface area contributed by atoms with Crippen LogP contribution < -0.4 is 5.32 Å². The van der Waals surface area contributed by atoms with E-state index < -0.39 is 11.4 Å². The molecule has 1 saturated heterocycles. The van der Waals surface area contributed by atoms with Crippen LogP contribution in [0.15, 0.2) is 12.3 Å². The van der Waals surface area contributed by atoms with Crippen LogP contribution in [-0.4, -0.2) is 54.5 Å². The summed E-state index contributed by atoms with van der Waals surface area (Å²) < 4.78 is 5.18. The molecule has 1 aromatic heterocycles. The summed E-state index contributed by atoms with van der Waals surface area (Å²) in [6, 6.07) is 3.30. The number of pyridine rings is 1.